The summed E-state index contributed by atoms with van der Waals surface area (Å²) in [6, 6.07) is 10.9. The van der Waals surface area contributed by atoms with Crippen LogP contribution in [0.4, 0.5) is 5.69 Å². The average molecular weight is 252 g/mol. The topological polar surface area (TPSA) is 16.1 Å². The third-order valence-electron chi connectivity index (χ3n) is 3.90. The second kappa shape index (κ2) is 5.04. The molecule has 1 atom stereocenters. The number of benzene rings is 1. The molecule has 2 heteroatoms. The fourth-order valence-corrected chi connectivity index (χ4v) is 2.70. The summed E-state index contributed by atoms with van der Waals surface area (Å²) in [5.74, 6) is 0.600. The van der Waals surface area contributed by atoms with Crippen LogP contribution in [0.3, 0.4) is 0 Å². The molecule has 1 aromatic heterocycles. The van der Waals surface area contributed by atoms with Gasteiger partial charge in [-0.2, -0.15) is 0 Å². The Bertz CT molecular complexity index is 614. The monoisotopic (exact) mass is 252 g/mol. The van der Waals surface area contributed by atoms with Gasteiger partial charge >= 0.3 is 0 Å². The van der Waals surface area contributed by atoms with Gasteiger partial charge in [-0.25, -0.2) is 0 Å². The molecule has 1 heterocycles. The Hall–Kier alpha value is -1.83. The van der Waals surface area contributed by atoms with E-state index in [1.807, 2.05) is 0 Å². The highest BCUT2D eigenvalue weighted by Gasteiger charge is 2.14. The summed E-state index contributed by atoms with van der Waals surface area (Å²) >= 11 is 0. The summed E-state index contributed by atoms with van der Waals surface area (Å²) in [5, 5.41) is 1.22. The number of pyridine rings is 1. The fourth-order valence-electron chi connectivity index (χ4n) is 2.70. The number of fused-ring (bicyclic) bond motifs is 1. The summed E-state index contributed by atoms with van der Waals surface area (Å²) in [4.78, 5) is 6.97. The van der Waals surface area contributed by atoms with Gasteiger partial charge in [0.15, 0.2) is 0 Å². The zero-order valence-electron chi connectivity index (χ0n) is 11.6. The highest BCUT2D eigenvalue weighted by molar-refractivity contribution is 5.82. The van der Waals surface area contributed by atoms with Crippen molar-refractivity contribution < 1.29 is 0 Å². The van der Waals surface area contributed by atoms with Crippen molar-refractivity contribution in [3.8, 4) is 0 Å². The highest BCUT2D eigenvalue weighted by Crippen LogP contribution is 2.29. The van der Waals surface area contributed by atoms with E-state index >= 15 is 0 Å². The van der Waals surface area contributed by atoms with Gasteiger partial charge in [-0.3, -0.25) is 4.98 Å². The molecule has 0 bridgehead atoms. The molecule has 1 aromatic carbocycles. The molecule has 3 rings (SSSR count). The number of nitrogens with zero attached hydrogens (tertiary/aromatic N) is 2. The lowest BCUT2D eigenvalue weighted by atomic mass is 9.91. The summed E-state index contributed by atoms with van der Waals surface area (Å²) in [5.41, 5.74) is 3.58. The van der Waals surface area contributed by atoms with Gasteiger partial charge in [-0.05, 0) is 43.5 Å². The molecule has 0 saturated carbocycles. The molecule has 0 N–H and O–H groups in total. The molecule has 0 fully saturated rings. The largest absolute Gasteiger partial charge is 0.378 e. The number of rotatable bonds is 2. The Morgan fingerprint density at radius 3 is 2.74 bits per heavy atom. The van der Waals surface area contributed by atoms with Crippen LogP contribution >= 0.6 is 0 Å². The summed E-state index contributed by atoms with van der Waals surface area (Å²) < 4.78 is 0. The van der Waals surface area contributed by atoms with Crippen molar-refractivity contribution in [3.63, 3.8) is 0 Å². The molecule has 2 nitrogen and oxygen atoms in total. The van der Waals surface area contributed by atoms with Crippen LogP contribution in [0.2, 0.25) is 0 Å². The molecule has 98 valence electrons. The van der Waals surface area contributed by atoms with E-state index in [0.29, 0.717) is 5.92 Å². The predicted octanol–water partition coefficient (Wildman–Crippen LogP) is 4.12. The van der Waals surface area contributed by atoms with Crippen molar-refractivity contribution in [1.29, 1.82) is 0 Å². The number of anilines is 1. The Morgan fingerprint density at radius 1 is 1.11 bits per heavy atom. The highest BCUT2D eigenvalue weighted by atomic mass is 15.1. The molecular weight excluding hydrogens is 232 g/mol. The van der Waals surface area contributed by atoms with E-state index in [4.69, 9.17) is 4.98 Å². The van der Waals surface area contributed by atoms with Crippen LogP contribution in [0.1, 0.15) is 30.9 Å². The lowest BCUT2D eigenvalue weighted by molar-refractivity contribution is 0.603. The summed E-state index contributed by atoms with van der Waals surface area (Å²) in [6.07, 6.45) is 8.11. The maximum atomic E-state index is 4.85. The smallest absolute Gasteiger partial charge is 0.0706 e. The van der Waals surface area contributed by atoms with Crippen molar-refractivity contribution in [3.05, 3.63) is 48.2 Å². The van der Waals surface area contributed by atoms with Crippen LogP contribution in [-0.2, 0) is 0 Å². The van der Waals surface area contributed by atoms with Crippen LogP contribution in [0, 0.1) is 0 Å². The standard InChI is InChI=1S/C17H20N2/c1-19(2)15-9-11-17-14(12-15)8-10-16(18-17)13-6-4-3-5-7-13/h3-4,8-13H,5-7H2,1-2H3. The second-order valence-corrected chi connectivity index (χ2v) is 5.49. The van der Waals surface area contributed by atoms with Crippen LogP contribution in [-0.4, -0.2) is 19.1 Å². The second-order valence-electron chi connectivity index (χ2n) is 5.49. The van der Waals surface area contributed by atoms with E-state index in [2.05, 4.69) is 61.5 Å². The van der Waals surface area contributed by atoms with Crippen LogP contribution < -0.4 is 4.90 Å². The first-order chi connectivity index (χ1) is 9.24. The molecule has 0 saturated heterocycles. The molecule has 1 aliphatic rings. The first-order valence-electron chi connectivity index (χ1n) is 6.97. The predicted molar refractivity (Wildman–Crippen MR) is 81.8 cm³/mol. The normalized spacial score (nSPS) is 18.7. The number of hydrogen-bond donors (Lipinski definition) is 0. The Kier molecular flexibility index (Phi) is 3.24. The van der Waals surface area contributed by atoms with Crippen LogP contribution in [0.5, 0.6) is 0 Å². The van der Waals surface area contributed by atoms with E-state index in [9.17, 15) is 0 Å². The average Bonchev–Trinajstić information content (AvgIpc) is 2.47. The maximum Gasteiger partial charge on any atom is 0.0706 e. The quantitative estimate of drug-likeness (QED) is 0.747. The zero-order chi connectivity index (χ0) is 13.2. The molecule has 1 aliphatic carbocycles. The molecule has 19 heavy (non-hydrogen) atoms. The maximum absolute atomic E-state index is 4.85. The van der Waals surface area contributed by atoms with E-state index in [1.165, 1.54) is 29.6 Å². The van der Waals surface area contributed by atoms with E-state index in [0.717, 1.165) is 11.9 Å². The van der Waals surface area contributed by atoms with Gasteiger partial charge in [0.1, 0.15) is 0 Å². The molecule has 0 spiro atoms. The minimum Gasteiger partial charge on any atom is -0.378 e. The summed E-state index contributed by atoms with van der Waals surface area (Å²) in [7, 11) is 4.13. The molecule has 0 amide bonds. The molecule has 0 radical (unpaired) electrons. The fraction of sp³-hybridized carbons (Fsp3) is 0.353. The van der Waals surface area contributed by atoms with Crippen molar-refractivity contribution in [2.45, 2.75) is 25.2 Å². The van der Waals surface area contributed by atoms with Gasteiger partial charge in [0.05, 0.1) is 5.52 Å². The summed E-state index contributed by atoms with van der Waals surface area (Å²) in [6.45, 7) is 0. The van der Waals surface area contributed by atoms with Crippen LogP contribution in [0.15, 0.2) is 42.5 Å². The van der Waals surface area contributed by atoms with Crippen molar-refractivity contribution in [2.75, 3.05) is 19.0 Å². The minimum atomic E-state index is 0.600. The minimum absolute atomic E-state index is 0.600. The van der Waals surface area contributed by atoms with E-state index in [-0.39, 0.29) is 0 Å². The van der Waals surface area contributed by atoms with Gasteiger partial charge in [0.2, 0.25) is 0 Å². The number of aromatic nitrogens is 1. The van der Waals surface area contributed by atoms with Gasteiger partial charge in [-0.1, -0.05) is 18.2 Å². The van der Waals surface area contributed by atoms with Crippen molar-refractivity contribution >= 4 is 16.6 Å². The first-order valence-corrected chi connectivity index (χ1v) is 6.97. The van der Waals surface area contributed by atoms with E-state index in [1.54, 1.807) is 0 Å². The zero-order valence-corrected chi connectivity index (χ0v) is 11.6. The number of hydrogen-bond acceptors (Lipinski definition) is 2. The van der Waals surface area contributed by atoms with E-state index < -0.39 is 0 Å². The van der Waals surface area contributed by atoms with Crippen LogP contribution in [0.25, 0.3) is 10.9 Å². The third-order valence-corrected chi connectivity index (χ3v) is 3.90. The van der Waals surface area contributed by atoms with Crippen molar-refractivity contribution in [2.24, 2.45) is 0 Å². The van der Waals surface area contributed by atoms with Gasteiger partial charge in [0, 0.05) is 36.8 Å². The SMILES string of the molecule is CN(C)c1ccc2nc(C3CC=CCC3)ccc2c1. The number of allylic oxidation sites excluding steroid dienone is 2. The molecular formula is C17H20N2. The van der Waals surface area contributed by atoms with Gasteiger partial charge < -0.3 is 4.90 Å². The van der Waals surface area contributed by atoms with Crippen molar-refractivity contribution in [1.82, 2.24) is 4.98 Å². The molecule has 1 unspecified atom stereocenters. The lowest BCUT2D eigenvalue weighted by Gasteiger charge is -2.18. The lowest BCUT2D eigenvalue weighted by Crippen LogP contribution is -2.08. The Morgan fingerprint density at radius 2 is 2.00 bits per heavy atom. The van der Waals surface area contributed by atoms with Gasteiger partial charge in [-0.15, -0.1) is 0 Å². The Labute approximate surface area is 114 Å². The molecule has 2 aromatic rings. The van der Waals surface area contributed by atoms with Gasteiger partial charge in [0.25, 0.3) is 0 Å². The first kappa shape index (κ1) is 12.2. The third kappa shape index (κ3) is 2.48. The Balaban J connectivity index is 1.97. The molecule has 0 aliphatic heterocycles.